The van der Waals surface area contributed by atoms with E-state index in [-0.39, 0.29) is 17.8 Å². The summed E-state index contributed by atoms with van der Waals surface area (Å²) < 4.78 is 5.54. The molecular weight excluding hydrogens is 372 g/mol. The third-order valence-corrected chi connectivity index (χ3v) is 4.62. The van der Waals surface area contributed by atoms with E-state index in [0.717, 1.165) is 25.7 Å². The fraction of sp³-hybridized carbons (Fsp3) is 0.389. The second kappa shape index (κ2) is 8.15. The first-order valence-electron chi connectivity index (χ1n) is 9.30. The molecule has 0 amide bonds. The van der Waals surface area contributed by atoms with E-state index < -0.39 is 0 Å². The lowest BCUT2D eigenvalue weighted by molar-refractivity contribution is 0.409. The van der Waals surface area contributed by atoms with E-state index in [0.29, 0.717) is 34.8 Å². The fourth-order valence-electron chi connectivity index (χ4n) is 3.27. The summed E-state index contributed by atoms with van der Waals surface area (Å²) >= 11 is 0. The maximum atomic E-state index is 8.84. The van der Waals surface area contributed by atoms with Crippen LogP contribution >= 0.6 is 0 Å². The highest BCUT2D eigenvalue weighted by Crippen LogP contribution is 2.30. The first-order chi connectivity index (χ1) is 14.1. The second-order valence-electron chi connectivity index (χ2n) is 6.91. The van der Waals surface area contributed by atoms with Gasteiger partial charge in [-0.15, -0.1) is 20.4 Å². The molecule has 1 saturated carbocycles. The van der Waals surface area contributed by atoms with Gasteiger partial charge in [0.15, 0.2) is 17.2 Å². The van der Waals surface area contributed by atoms with Crippen molar-refractivity contribution in [3.05, 3.63) is 30.0 Å². The monoisotopic (exact) mass is 392 g/mol. The molecule has 1 aliphatic rings. The molecule has 3 heterocycles. The van der Waals surface area contributed by atoms with Crippen LogP contribution in [-0.2, 0) is 0 Å². The van der Waals surface area contributed by atoms with E-state index in [1.165, 1.54) is 12.4 Å². The number of nitriles is 1. The quantitative estimate of drug-likeness (QED) is 0.580. The molecule has 4 N–H and O–H groups in total. The van der Waals surface area contributed by atoms with Gasteiger partial charge in [0.2, 0.25) is 5.89 Å². The molecule has 0 bridgehead atoms. The lowest BCUT2D eigenvalue weighted by Gasteiger charge is -2.28. The number of nitrogens with zero attached hydrogens (tertiary/aromatic N) is 7. The number of rotatable bonds is 5. The number of aryl methyl sites for hydroxylation is 1. The van der Waals surface area contributed by atoms with Crippen molar-refractivity contribution >= 4 is 17.3 Å². The summed E-state index contributed by atoms with van der Waals surface area (Å²) in [6, 6.07) is 4.13. The zero-order valence-corrected chi connectivity index (χ0v) is 15.8. The fourth-order valence-corrected chi connectivity index (χ4v) is 3.27. The van der Waals surface area contributed by atoms with E-state index in [2.05, 4.69) is 41.0 Å². The molecule has 3 aromatic rings. The Morgan fingerprint density at radius 1 is 1.14 bits per heavy atom. The zero-order valence-electron chi connectivity index (χ0n) is 15.8. The first kappa shape index (κ1) is 18.7. The van der Waals surface area contributed by atoms with Gasteiger partial charge in [0.1, 0.15) is 11.9 Å². The highest BCUT2D eigenvalue weighted by molar-refractivity contribution is 5.71. The van der Waals surface area contributed by atoms with Crippen LogP contribution in [0.3, 0.4) is 0 Å². The summed E-state index contributed by atoms with van der Waals surface area (Å²) in [5.41, 5.74) is 7.55. The molecule has 2 unspecified atom stereocenters. The van der Waals surface area contributed by atoms with Crippen LogP contribution < -0.4 is 16.4 Å². The topological polar surface area (TPSA) is 164 Å². The Balaban J connectivity index is 1.62. The van der Waals surface area contributed by atoms with E-state index >= 15 is 0 Å². The van der Waals surface area contributed by atoms with Crippen LogP contribution in [0.25, 0.3) is 11.6 Å². The summed E-state index contributed by atoms with van der Waals surface area (Å²) in [4.78, 5) is 8.13. The van der Waals surface area contributed by atoms with Gasteiger partial charge in [-0.1, -0.05) is 0 Å². The molecule has 0 saturated heterocycles. The molecule has 29 heavy (non-hydrogen) atoms. The Morgan fingerprint density at radius 3 is 2.72 bits per heavy atom. The van der Waals surface area contributed by atoms with Crippen molar-refractivity contribution in [1.82, 2.24) is 30.4 Å². The molecule has 11 heteroatoms. The molecule has 148 valence electrons. The van der Waals surface area contributed by atoms with Gasteiger partial charge in [-0.05, 0) is 25.7 Å². The van der Waals surface area contributed by atoms with Crippen LogP contribution in [0.5, 0.6) is 0 Å². The number of aromatic nitrogens is 6. The predicted molar refractivity (Wildman–Crippen MR) is 104 cm³/mol. The molecule has 1 aliphatic carbocycles. The van der Waals surface area contributed by atoms with E-state index in [4.69, 9.17) is 15.4 Å². The van der Waals surface area contributed by atoms with Crippen LogP contribution in [0.2, 0.25) is 0 Å². The van der Waals surface area contributed by atoms with Gasteiger partial charge >= 0.3 is 0 Å². The number of nitrogens with one attached hydrogen (secondary N) is 2. The Bertz CT molecular complexity index is 1030. The molecule has 0 aromatic carbocycles. The lowest BCUT2D eigenvalue weighted by atomic mass is 9.91. The molecule has 11 nitrogen and oxygen atoms in total. The zero-order chi connectivity index (χ0) is 20.2. The number of hydrogen-bond donors (Lipinski definition) is 3. The molecule has 3 aromatic heterocycles. The highest BCUT2D eigenvalue weighted by Gasteiger charge is 2.22. The maximum Gasteiger partial charge on any atom is 0.270 e. The van der Waals surface area contributed by atoms with Gasteiger partial charge in [0.25, 0.3) is 5.89 Å². The van der Waals surface area contributed by atoms with Gasteiger partial charge in [-0.2, -0.15) is 5.26 Å². The summed E-state index contributed by atoms with van der Waals surface area (Å²) in [7, 11) is 0. The van der Waals surface area contributed by atoms with E-state index in [1.54, 1.807) is 6.92 Å². The Morgan fingerprint density at radius 2 is 2.03 bits per heavy atom. The molecule has 1 fully saturated rings. The standard InChI is InChI=1S/C18H20N10O/c1-10-25-28-18(29-10)17-14(23-12-4-2-3-11(20)5-12)6-15(26-27-17)24-16-9-21-13(7-19)8-22-16/h6,8-9,11-12H,2-5,20H2,1H3,(H2,22,23,24,26). The largest absolute Gasteiger partial charge is 0.419 e. The molecule has 0 aliphatic heterocycles. The lowest BCUT2D eigenvalue weighted by Crippen LogP contribution is -2.35. The Hall–Kier alpha value is -3.65. The molecular formula is C18H20N10O. The molecule has 0 radical (unpaired) electrons. The van der Waals surface area contributed by atoms with Crippen LogP contribution in [0.4, 0.5) is 17.3 Å². The minimum Gasteiger partial charge on any atom is -0.419 e. The normalized spacial score (nSPS) is 18.8. The highest BCUT2D eigenvalue weighted by atomic mass is 16.4. The average Bonchev–Trinajstić information content (AvgIpc) is 3.15. The minimum absolute atomic E-state index is 0.177. The molecule has 2 atom stereocenters. The van der Waals surface area contributed by atoms with Crippen molar-refractivity contribution in [3.63, 3.8) is 0 Å². The summed E-state index contributed by atoms with van der Waals surface area (Å²) in [5.74, 6) is 1.65. The van der Waals surface area contributed by atoms with Crippen molar-refractivity contribution < 1.29 is 4.42 Å². The number of nitrogens with two attached hydrogens (primary N) is 1. The Labute approximate surface area is 166 Å². The second-order valence-corrected chi connectivity index (χ2v) is 6.91. The van der Waals surface area contributed by atoms with Crippen molar-refractivity contribution in [2.75, 3.05) is 10.6 Å². The third-order valence-electron chi connectivity index (χ3n) is 4.62. The predicted octanol–water partition coefficient (Wildman–Crippen LogP) is 1.92. The minimum atomic E-state index is 0.177. The van der Waals surface area contributed by atoms with Crippen LogP contribution in [0.1, 0.15) is 37.3 Å². The molecule has 4 rings (SSSR count). The van der Waals surface area contributed by atoms with E-state index in [9.17, 15) is 0 Å². The average molecular weight is 392 g/mol. The van der Waals surface area contributed by atoms with Crippen LogP contribution in [0, 0.1) is 18.3 Å². The molecule has 0 spiro atoms. The van der Waals surface area contributed by atoms with Crippen molar-refractivity contribution in [2.24, 2.45) is 5.73 Å². The van der Waals surface area contributed by atoms with Gasteiger partial charge < -0.3 is 20.8 Å². The number of hydrogen-bond acceptors (Lipinski definition) is 11. The smallest absolute Gasteiger partial charge is 0.270 e. The van der Waals surface area contributed by atoms with Gasteiger partial charge in [-0.3, -0.25) is 0 Å². The van der Waals surface area contributed by atoms with Gasteiger partial charge in [-0.25, -0.2) is 9.97 Å². The third kappa shape index (κ3) is 4.44. The Kier molecular flexibility index (Phi) is 5.26. The first-order valence-corrected chi connectivity index (χ1v) is 9.30. The summed E-state index contributed by atoms with van der Waals surface area (Å²) in [6.07, 6.45) is 6.83. The van der Waals surface area contributed by atoms with Crippen molar-refractivity contribution in [2.45, 2.75) is 44.7 Å². The van der Waals surface area contributed by atoms with Crippen molar-refractivity contribution in [1.29, 1.82) is 5.26 Å². The van der Waals surface area contributed by atoms with Gasteiger partial charge in [0, 0.05) is 25.1 Å². The van der Waals surface area contributed by atoms with Gasteiger partial charge in [0.05, 0.1) is 18.1 Å². The number of anilines is 3. The van der Waals surface area contributed by atoms with E-state index in [1.807, 2.05) is 12.1 Å². The van der Waals surface area contributed by atoms with Crippen LogP contribution in [0.15, 0.2) is 22.9 Å². The summed E-state index contributed by atoms with van der Waals surface area (Å²) in [5, 5.41) is 31.8. The van der Waals surface area contributed by atoms with Crippen LogP contribution in [-0.4, -0.2) is 42.4 Å². The maximum absolute atomic E-state index is 8.84. The van der Waals surface area contributed by atoms with Crippen molar-refractivity contribution in [3.8, 4) is 17.7 Å². The summed E-state index contributed by atoms with van der Waals surface area (Å²) in [6.45, 7) is 1.72. The SMILES string of the molecule is Cc1nnc(-c2nnc(Nc3cnc(C#N)cn3)cc2NC2CCCC(N)C2)o1.